The van der Waals surface area contributed by atoms with Gasteiger partial charge in [0.1, 0.15) is 17.4 Å². The summed E-state index contributed by atoms with van der Waals surface area (Å²) < 4.78 is 42.5. The quantitative estimate of drug-likeness (QED) is 0.363. The minimum Gasteiger partial charge on any atom is -0.410 e. The fourth-order valence-corrected chi connectivity index (χ4v) is 6.56. The van der Waals surface area contributed by atoms with Gasteiger partial charge in [-0.2, -0.15) is 0 Å². The smallest absolute Gasteiger partial charge is 0.410 e. The summed E-state index contributed by atoms with van der Waals surface area (Å²) in [6, 6.07) is 15.7. The van der Waals surface area contributed by atoms with Gasteiger partial charge in [0, 0.05) is 62.0 Å². The summed E-state index contributed by atoms with van der Waals surface area (Å²) in [5.41, 5.74) is 0.969. The number of nitrogens with zero attached hydrogens (tertiary/aromatic N) is 4. The predicted octanol–water partition coefficient (Wildman–Crippen LogP) is 5.01. The Hall–Kier alpha value is -3.70. The molecular formula is C31H34ClFN4O5S. The zero-order chi connectivity index (χ0) is 30.7. The molecule has 5 rings (SSSR count). The van der Waals surface area contributed by atoms with E-state index in [1.54, 1.807) is 29.2 Å². The van der Waals surface area contributed by atoms with E-state index in [9.17, 15) is 22.4 Å². The molecule has 3 heterocycles. The second kappa shape index (κ2) is 12.9. The van der Waals surface area contributed by atoms with E-state index >= 15 is 0 Å². The maximum atomic E-state index is 13.8. The SMILES string of the molecule is CCN(C(=O)Oc1ccc(F)cc1)[C@@H]1CN(C(=O)C2CCN(c3ccc(S(C)(=O)=O)cn3)CC2)CC1c1ccc(Cl)cc1. The van der Waals surface area contributed by atoms with Crippen LogP contribution in [0.5, 0.6) is 5.75 Å². The van der Waals surface area contributed by atoms with E-state index in [0.717, 1.165) is 11.8 Å². The molecule has 3 aromatic rings. The number of sulfone groups is 1. The number of likely N-dealkylation sites (tertiary alicyclic amines) is 1. The number of halogens is 2. The first-order chi connectivity index (χ1) is 20.5. The molecule has 2 amide bonds. The summed E-state index contributed by atoms with van der Waals surface area (Å²) in [5.74, 6) is 0.208. The Kier molecular flexibility index (Phi) is 9.22. The molecule has 0 saturated carbocycles. The fourth-order valence-electron chi connectivity index (χ4n) is 5.87. The van der Waals surface area contributed by atoms with Gasteiger partial charge in [-0.1, -0.05) is 23.7 Å². The van der Waals surface area contributed by atoms with Crippen molar-refractivity contribution in [2.45, 2.75) is 36.6 Å². The largest absolute Gasteiger partial charge is 0.415 e. The number of benzene rings is 2. The molecule has 0 spiro atoms. The second-order valence-corrected chi connectivity index (χ2v) is 13.4. The summed E-state index contributed by atoms with van der Waals surface area (Å²) in [4.78, 5) is 37.2. The van der Waals surface area contributed by atoms with Crippen molar-refractivity contribution < 1.29 is 27.1 Å². The van der Waals surface area contributed by atoms with Crippen LogP contribution in [0.1, 0.15) is 31.2 Å². The Labute approximate surface area is 256 Å². The Morgan fingerprint density at radius 2 is 1.70 bits per heavy atom. The molecule has 12 heteroatoms. The van der Waals surface area contributed by atoms with Gasteiger partial charge in [-0.15, -0.1) is 0 Å². The number of ether oxygens (including phenoxy) is 1. The van der Waals surface area contributed by atoms with E-state index in [1.165, 1.54) is 30.5 Å². The fraction of sp³-hybridized carbons (Fsp3) is 0.387. The minimum atomic E-state index is -3.33. The van der Waals surface area contributed by atoms with E-state index in [-0.39, 0.29) is 34.4 Å². The molecule has 2 fully saturated rings. The van der Waals surface area contributed by atoms with E-state index in [1.807, 2.05) is 24.0 Å². The highest BCUT2D eigenvalue weighted by Crippen LogP contribution is 2.35. The van der Waals surface area contributed by atoms with E-state index in [2.05, 4.69) is 9.88 Å². The lowest BCUT2D eigenvalue weighted by molar-refractivity contribution is -0.135. The van der Waals surface area contributed by atoms with Crippen LogP contribution in [0.25, 0.3) is 0 Å². The third kappa shape index (κ3) is 7.10. The lowest BCUT2D eigenvalue weighted by atomic mass is 9.93. The highest BCUT2D eigenvalue weighted by Gasteiger charge is 2.43. The maximum Gasteiger partial charge on any atom is 0.415 e. The molecule has 2 aromatic carbocycles. The first-order valence-electron chi connectivity index (χ1n) is 14.2. The van der Waals surface area contributed by atoms with Crippen LogP contribution >= 0.6 is 11.6 Å². The summed E-state index contributed by atoms with van der Waals surface area (Å²) in [6.07, 6.45) is 3.21. The van der Waals surface area contributed by atoms with Gasteiger partial charge in [-0.3, -0.25) is 4.79 Å². The van der Waals surface area contributed by atoms with Crippen LogP contribution in [-0.4, -0.2) is 80.2 Å². The number of anilines is 1. The number of piperidine rings is 1. The first-order valence-corrected chi connectivity index (χ1v) is 16.5. The van der Waals surface area contributed by atoms with Crippen LogP contribution in [-0.2, 0) is 14.6 Å². The van der Waals surface area contributed by atoms with Crippen molar-refractivity contribution in [3.8, 4) is 5.75 Å². The van der Waals surface area contributed by atoms with Gasteiger partial charge in [0.05, 0.1) is 10.9 Å². The third-order valence-electron chi connectivity index (χ3n) is 8.21. The zero-order valence-corrected chi connectivity index (χ0v) is 25.6. The van der Waals surface area contributed by atoms with Crippen LogP contribution in [0.2, 0.25) is 5.02 Å². The monoisotopic (exact) mass is 628 g/mol. The molecule has 0 bridgehead atoms. The number of likely N-dealkylation sites (N-methyl/N-ethyl adjacent to an activating group) is 1. The molecule has 9 nitrogen and oxygen atoms in total. The topological polar surface area (TPSA) is 100 Å². The average Bonchev–Trinajstić information content (AvgIpc) is 3.43. The van der Waals surface area contributed by atoms with Crippen molar-refractivity contribution in [3.63, 3.8) is 0 Å². The lowest BCUT2D eigenvalue weighted by Gasteiger charge is -2.34. The Morgan fingerprint density at radius 1 is 1.02 bits per heavy atom. The molecule has 2 atom stereocenters. The zero-order valence-electron chi connectivity index (χ0n) is 24.0. The first kappa shape index (κ1) is 30.7. The van der Waals surface area contributed by atoms with Crippen molar-refractivity contribution in [2.75, 3.05) is 43.9 Å². The van der Waals surface area contributed by atoms with Crippen molar-refractivity contribution in [2.24, 2.45) is 5.92 Å². The molecular weight excluding hydrogens is 595 g/mol. The van der Waals surface area contributed by atoms with Gasteiger partial charge in [-0.05, 0) is 73.9 Å². The second-order valence-electron chi connectivity index (χ2n) is 11.0. The standard InChI is InChI=1S/C31H34ClFN4O5S/c1-3-37(31(39)42-25-10-8-24(33)9-11-25)28-20-36(19-27(28)21-4-6-23(32)7-5-21)30(38)22-14-16-35(17-15-22)29-13-12-26(18-34-29)43(2,40)41/h4-13,18,22,27-28H,3,14-17,19-20H2,1-2H3/t27?,28-/m1/s1. The molecule has 1 aromatic heterocycles. The molecule has 0 N–H and O–H groups in total. The van der Waals surface area contributed by atoms with Gasteiger partial charge in [-0.25, -0.2) is 22.6 Å². The van der Waals surface area contributed by atoms with Crippen molar-refractivity contribution >= 4 is 39.3 Å². The van der Waals surface area contributed by atoms with Crippen molar-refractivity contribution in [3.05, 3.63) is 83.3 Å². The number of hydrogen-bond acceptors (Lipinski definition) is 7. The van der Waals surface area contributed by atoms with Crippen LogP contribution in [0.4, 0.5) is 15.0 Å². The number of amides is 2. The third-order valence-corrected chi connectivity index (χ3v) is 9.56. The van der Waals surface area contributed by atoms with Crippen molar-refractivity contribution in [1.29, 1.82) is 0 Å². The molecule has 2 saturated heterocycles. The summed E-state index contributed by atoms with van der Waals surface area (Å²) in [7, 11) is -3.33. The molecule has 2 aliphatic heterocycles. The molecule has 0 radical (unpaired) electrons. The predicted molar refractivity (Wildman–Crippen MR) is 162 cm³/mol. The van der Waals surface area contributed by atoms with Gasteiger partial charge in [0.15, 0.2) is 9.84 Å². The number of carbonyl (C=O) groups excluding carboxylic acids is 2. The van der Waals surface area contributed by atoms with Crippen LogP contribution in [0, 0.1) is 11.7 Å². The van der Waals surface area contributed by atoms with Gasteiger partial charge < -0.3 is 19.4 Å². The molecule has 1 unspecified atom stereocenters. The number of pyridine rings is 1. The maximum absolute atomic E-state index is 13.8. The van der Waals surface area contributed by atoms with Crippen LogP contribution in [0.15, 0.2) is 71.8 Å². The van der Waals surface area contributed by atoms with Gasteiger partial charge in [0.25, 0.3) is 0 Å². The normalized spacial score (nSPS) is 19.3. The number of aromatic nitrogens is 1. The highest BCUT2D eigenvalue weighted by atomic mass is 35.5. The molecule has 2 aliphatic rings. The Balaban J connectivity index is 1.29. The Morgan fingerprint density at radius 3 is 2.28 bits per heavy atom. The summed E-state index contributed by atoms with van der Waals surface area (Å²) in [5, 5.41) is 0.599. The van der Waals surface area contributed by atoms with Crippen molar-refractivity contribution in [1.82, 2.24) is 14.8 Å². The van der Waals surface area contributed by atoms with Crippen LogP contribution < -0.4 is 9.64 Å². The number of hydrogen-bond donors (Lipinski definition) is 0. The molecule has 228 valence electrons. The molecule has 43 heavy (non-hydrogen) atoms. The Bertz CT molecular complexity index is 1550. The highest BCUT2D eigenvalue weighted by molar-refractivity contribution is 7.90. The molecule has 0 aliphatic carbocycles. The summed E-state index contributed by atoms with van der Waals surface area (Å²) >= 11 is 6.15. The number of rotatable bonds is 7. The van der Waals surface area contributed by atoms with Crippen LogP contribution in [0.3, 0.4) is 0 Å². The van der Waals surface area contributed by atoms with E-state index < -0.39 is 21.7 Å². The lowest BCUT2D eigenvalue weighted by Crippen LogP contribution is -2.47. The average molecular weight is 629 g/mol. The number of carbonyl (C=O) groups is 2. The van der Waals surface area contributed by atoms with Gasteiger partial charge in [0.2, 0.25) is 5.91 Å². The summed E-state index contributed by atoms with van der Waals surface area (Å²) in [6.45, 7) is 4.25. The van der Waals surface area contributed by atoms with Gasteiger partial charge >= 0.3 is 6.09 Å². The van der Waals surface area contributed by atoms with E-state index in [4.69, 9.17) is 16.3 Å². The van der Waals surface area contributed by atoms with E-state index in [0.29, 0.717) is 56.4 Å². The minimum absolute atomic E-state index is 0.0458.